The summed E-state index contributed by atoms with van der Waals surface area (Å²) in [6.07, 6.45) is 0. The van der Waals surface area contributed by atoms with Crippen molar-refractivity contribution < 1.29 is 0 Å². The van der Waals surface area contributed by atoms with Gasteiger partial charge < -0.3 is 4.57 Å². The average molecular weight is 502 g/mol. The smallest absolute Gasteiger partial charge is 0.0541 e. The van der Waals surface area contributed by atoms with Crippen LogP contribution in [0.3, 0.4) is 0 Å². The van der Waals surface area contributed by atoms with Gasteiger partial charge in [0.25, 0.3) is 0 Å². The fourth-order valence-electron chi connectivity index (χ4n) is 5.94. The van der Waals surface area contributed by atoms with Crippen LogP contribution in [0.1, 0.15) is 0 Å². The van der Waals surface area contributed by atoms with Crippen LogP contribution in [0.15, 0.2) is 140 Å². The molecule has 0 radical (unpaired) electrons. The molecule has 2 heterocycles. The first-order chi connectivity index (χ1) is 18.9. The highest BCUT2D eigenvalue weighted by Gasteiger charge is 2.15. The van der Waals surface area contributed by atoms with E-state index in [1.54, 1.807) is 0 Å². The van der Waals surface area contributed by atoms with Crippen LogP contribution in [-0.4, -0.2) is 4.57 Å². The highest BCUT2D eigenvalue weighted by molar-refractivity contribution is 7.26. The molecule has 178 valence electrons. The summed E-state index contributed by atoms with van der Waals surface area (Å²) >= 11 is 1.89. The molecule has 8 rings (SSSR count). The Morgan fingerprint density at radius 1 is 0.421 bits per heavy atom. The van der Waals surface area contributed by atoms with E-state index in [0.29, 0.717) is 0 Å². The molecule has 0 saturated heterocycles. The van der Waals surface area contributed by atoms with Crippen molar-refractivity contribution in [2.45, 2.75) is 0 Å². The first-order valence-corrected chi connectivity index (χ1v) is 13.8. The molecule has 0 fully saturated rings. The fourth-order valence-corrected chi connectivity index (χ4v) is 7.17. The Labute approximate surface area is 224 Å². The van der Waals surface area contributed by atoms with Gasteiger partial charge in [-0.15, -0.1) is 11.3 Å². The zero-order chi connectivity index (χ0) is 25.1. The van der Waals surface area contributed by atoms with Crippen molar-refractivity contribution >= 4 is 53.3 Å². The second kappa shape index (κ2) is 8.44. The Balaban J connectivity index is 1.35. The molecule has 0 N–H and O–H groups in total. The first kappa shape index (κ1) is 21.4. The molecule has 0 aliphatic rings. The Hall–Kier alpha value is -4.66. The Kier molecular flexibility index (Phi) is 4.76. The summed E-state index contributed by atoms with van der Waals surface area (Å²) in [5.41, 5.74) is 8.67. The molecule has 6 aromatic carbocycles. The van der Waals surface area contributed by atoms with Crippen LogP contribution >= 0.6 is 11.3 Å². The molecule has 2 heteroatoms. The van der Waals surface area contributed by atoms with Crippen molar-refractivity contribution in [3.8, 4) is 27.9 Å². The quantitative estimate of drug-likeness (QED) is 0.227. The third kappa shape index (κ3) is 3.17. The number of benzene rings is 6. The number of para-hydroxylation sites is 2. The van der Waals surface area contributed by atoms with Gasteiger partial charge in [-0.3, -0.25) is 0 Å². The summed E-state index contributed by atoms with van der Waals surface area (Å²) in [5.74, 6) is 0. The number of aromatic nitrogens is 1. The predicted octanol–water partition coefficient (Wildman–Crippen LogP) is 10.5. The second-order valence-corrected chi connectivity index (χ2v) is 10.8. The molecule has 0 atom stereocenters. The van der Waals surface area contributed by atoms with E-state index in [9.17, 15) is 0 Å². The predicted molar refractivity (Wildman–Crippen MR) is 165 cm³/mol. The van der Waals surface area contributed by atoms with E-state index >= 15 is 0 Å². The van der Waals surface area contributed by atoms with E-state index in [0.717, 1.165) is 0 Å². The largest absolute Gasteiger partial charge is 0.309 e. The van der Waals surface area contributed by atoms with Gasteiger partial charge in [0, 0.05) is 42.2 Å². The number of nitrogens with zero attached hydrogens (tertiary/aromatic N) is 1. The number of hydrogen-bond acceptors (Lipinski definition) is 1. The third-order valence-corrected chi connectivity index (χ3v) is 8.84. The van der Waals surface area contributed by atoms with Gasteiger partial charge in [-0.1, -0.05) is 109 Å². The van der Waals surface area contributed by atoms with Crippen LogP contribution in [0.25, 0.3) is 69.9 Å². The minimum absolute atomic E-state index is 1.18. The van der Waals surface area contributed by atoms with Gasteiger partial charge in [0.2, 0.25) is 0 Å². The number of fused-ring (bicyclic) bond motifs is 6. The maximum absolute atomic E-state index is 2.39. The molecular weight excluding hydrogens is 478 g/mol. The van der Waals surface area contributed by atoms with Crippen molar-refractivity contribution in [1.82, 2.24) is 4.57 Å². The van der Waals surface area contributed by atoms with Crippen LogP contribution in [0.4, 0.5) is 0 Å². The zero-order valence-corrected chi connectivity index (χ0v) is 21.5. The first-order valence-electron chi connectivity index (χ1n) is 13.0. The minimum atomic E-state index is 1.18. The molecule has 8 aromatic rings. The lowest BCUT2D eigenvalue weighted by atomic mass is 9.93. The van der Waals surface area contributed by atoms with Gasteiger partial charge in [-0.25, -0.2) is 0 Å². The second-order valence-electron chi connectivity index (χ2n) is 9.75. The van der Waals surface area contributed by atoms with E-state index < -0.39 is 0 Å². The van der Waals surface area contributed by atoms with Crippen molar-refractivity contribution in [3.05, 3.63) is 140 Å². The molecule has 0 aliphatic carbocycles. The number of rotatable bonds is 3. The molecule has 0 unspecified atom stereocenters. The third-order valence-electron chi connectivity index (χ3n) is 7.62. The van der Waals surface area contributed by atoms with E-state index in [1.807, 2.05) is 11.3 Å². The lowest BCUT2D eigenvalue weighted by Crippen LogP contribution is -1.94. The summed E-state index contributed by atoms with van der Waals surface area (Å²) < 4.78 is 5.07. The van der Waals surface area contributed by atoms with Crippen molar-refractivity contribution in [2.75, 3.05) is 0 Å². The summed E-state index contributed by atoms with van der Waals surface area (Å²) in [4.78, 5) is 0. The summed E-state index contributed by atoms with van der Waals surface area (Å²) in [5, 5.41) is 5.23. The topological polar surface area (TPSA) is 4.93 Å². The molecule has 0 spiro atoms. The molecule has 0 amide bonds. The molecule has 0 saturated carbocycles. The van der Waals surface area contributed by atoms with E-state index in [2.05, 4.69) is 144 Å². The van der Waals surface area contributed by atoms with Crippen molar-refractivity contribution in [1.29, 1.82) is 0 Å². The Bertz CT molecular complexity index is 2090. The zero-order valence-electron chi connectivity index (χ0n) is 20.6. The number of thiophene rings is 1. The Morgan fingerprint density at radius 2 is 1.00 bits per heavy atom. The van der Waals surface area contributed by atoms with E-state index in [-0.39, 0.29) is 0 Å². The lowest BCUT2D eigenvalue weighted by molar-refractivity contribution is 1.18. The molecule has 2 aromatic heterocycles. The fraction of sp³-hybridized carbons (Fsp3) is 0. The van der Waals surface area contributed by atoms with Crippen LogP contribution < -0.4 is 0 Å². The van der Waals surface area contributed by atoms with Crippen LogP contribution in [-0.2, 0) is 0 Å². The van der Waals surface area contributed by atoms with Gasteiger partial charge >= 0.3 is 0 Å². The SMILES string of the molecule is c1cc(-c2ccccc2-c2cccc3c2sc2ccccc23)cc(-n2c3ccccc3c3ccccc32)c1. The summed E-state index contributed by atoms with van der Waals surface area (Å²) in [7, 11) is 0. The summed E-state index contributed by atoms with van der Waals surface area (Å²) in [6.45, 7) is 0. The van der Waals surface area contributed by atoms with Crippen LogP contribution in [0, 0.1) is 0 Å². The maximum atomic E-state index is 2.39. The molecular formula is C36H23NS. The summed E-state index contributed by atoms with van der Waals surface area (Å²) in [6, 6.07) is 50.6. The van der Waals surface area contributed by atoms with Gasteiger partial charge in [-0.2, -0.15) is 0 Å². The molecule has 0 bridgehead atoms. The normalized spacial score (nSPS) is 11.7. The molecule has 1 nitrogen and oxygen atoms in total. The van der Waals surface area contributed by atoms with E-state index in [1.165, 1.54) is 69.9 Å². The minimum Gasteiger partial charge on any atom is -0.309 e. The lowest BCUT2D eigenvalue weighted by Gasteiger charge is -2.14. The average Bonchev–Trinajstić information content (AvgIpc) is 3.53. The highest BCUT2D eigenvalue weighted by Crippen LogP contribution is 2.43. The monoisotopic (exact) mass is 501 g/mol. The van der Waals surface area contributed by atoms with Crippen molar-refractivity contribution in [2.24, 2.45) is 0 Å². The number of hydrogen-bond donors (Lipinski definition) is 0. The van der Waals surface area contributed by atoms with Gasteiger partial charge in [0.05, 0.1) is 11.0 Å². The standard InChI is InChI=1S/C36H23NS/c1-2-14-27(31-18-10-19-32-30-17-5-8-22-35(30)38-36(31)32)26(13-1)24-11-9-12-25(23-24)37-33-20-6-3-15-28(33)29-16-4-7-21-34(29)37/h1-23H. The Morgan fingerprint density at radius 3 is 1.79 bits per heavy atom. The van der Waals surface area contributed by atoms with Crippen molar-refractivity contribution in [3.63, 3.8) is 0 Å². The van der Waals surface area contributed by atoms with Gasteiger partial charge in [0.15, 0.2) is 0 Å². The van der Waals surface area contributed by atoms with Crippen LogP contribution in [0.5, 0.6) is 0 Å². The molecule has 38 heavy (non-hydrogen) atoms. The maximum Gasteiger partial charge on any atom is 0.0541 e. The van der Waals surface area contributed by atoms with E-state index in [4.69, 9.17) is 0 Å². The van der Waals surface area contributed by atoms with Gasteiger partial charge in [-0.05, 0) is 47.0 Å². The molecule has 0 aliphatic heterocycles. The van der Waals surface area contributed by atoms with Gasteiger partial charge in [0.1, 0.15) is 0 Å². The highest BCUT2D eigenvalue weighted by atomic mass is 32.1. The van der Waals surface area contributed by atoms with Crippen LogP contribution in [0.2, 0.25) is 0 Å².